The second kappa shape index (κ2) is 8.12. The van der Waals surface area contributed by atoms with E-state index < -0.39 is 0 Å². The van der Waals surface area contributed by atoms with Gasteiger partial charge in [0, 0.05) is 13.1 Å². The van der Waals surface area contributed by atoms with E-state index in [9.17, 15) is 4.79 Å². The summed E-state index contributed by atoms with van der Waals surface area (Å²) in [4.78, 5) is 23.6. The smallest absolute Gasteiger partial charge is 0.272 e. The van der Waals surface area contributed by atoms with Gasteiger partial charge >= 0.3 is 0 Å². The van der Waals surface area contributed by atoms with E-state index in [-0.39, 0.29) is 22.7 Å². The number of carbonyl (C=O) groups is 1. The minimum atomic E-state index is -0.317. The Morgan fingerprint density at radius 2 is 1.93 bits per heavy atom. The highest BCUT2D eigenvalue weighted by Gasteiger charge is 2.21. The molecule has 0 spiro atoms. The molecular weight excluding hydrogens is 376 g/mol. The Hall–Kier alpha value is -2.70. The first-order valence-corrected chi connectivity index (χ1v) is 9.65. The predicted molar refractivity (Wildman–Crippen MR) is 110 cm³/mol. The molecule has 3 aromatic rings. The van der Waals surface area contributed by atoms with Crippen LogP contribution in [0.3, 0.4) is 0 Å². The zero-order valence-corrected chi connectivity index (χ0v) is 16.3. The van der Waals surface area contributed by atoms with Gasteiger partial charge in [0.05, 0.1) is 30.5 Å². The van der Waals surface area contributed by atoms with Crippen molar-refractivity contribution in [3.63, 3.8) is 0 Å². The number of carbonyl (C=O) groups excluding carboxylic acids is 1. The maximum atomic E-state index is 12.9. The molecule has 0 aliphatic carbocycles. The Balaban J connectivity index is 1.57. The highest BCUT2D eigenvalue weighted by Crippen LogP contribution is 2.25. The summed E-state index contributed by atoms with van der Waals surface area (Å²) in [5.41, 5.74) is 1.23. The minimum absolute atomic E-state index is 0.185. The second-order valence-corrected chi connectivity index (χ2v) is 7.14. The van der Waals surface area contributed by atoms with Crippen molar-refractivity contribution in [3.8, 4) is 0 Å². The SMILES string of the molecule is CC(NC(=O)c1nc(N2CCOCC2)ncc1Cl)c1cccc2ccccc12. The molecule has 1 unspecified atom stereocenters. The number of halogens is 1. The number of hydrogen-bond acceptors (Lipinski definition) is 5. The van der Waals surface area contributed by atoms with Gasteiger partial charge in [0.25, 0.3) is 5.91 Å². The van der Waals surface area contributed by atoms with Gasteiger partial charge in [-0.1, -0.05) is 54.1 Å². The Bertz CT molecular complexity index is 999. The minimum Gasteiger partial charge on any atom is -0.378 e. The molecule has 2 aromatic carbocycles. The van der Waals surface area contributed by atoms with E-state index in [1.54, 1.807) is 0 Å². The van der Waals surface area contributed by atoms with Gasteiger partial charge in [-0.25, -0.2) is 9.97 Å². The van der Waals surface area contributed by atoms with E-state index in [4.69, 9.17) is 16.3 Å². The number of ether oxygens (including phenoxy) is 1. The fraction of sp³-hybridized carbons (Fsp3) is 0.286. The van der Waals surface area contributed by atoms with Crippen LogP contribution in [0.2, 0.25) is 5.02 Å². The van der Waals surface area contributed by atoms with Crippen LogP contribution in [0.25, 0.3) is 10.8 Å². The summed E-state index contributed by atoms with van der Waals surface area (Å²) in [6, 6.07) is 14.0. The van der Waals surface area contributed by atoms with Crippen molar-refractivity contribution in [1.82, 2.24) is 15.3 Å². The molecule has 4 rings (SSSR count). The largest absolute Gasteiger partial charge is 0.378 e. The Morgan fingerprint density at radius 3 is 2.75 bits per heavy atom. The van der Waals surface area contributed by atoms with Gasteiger partial charge in [0.15, 0.2) is 5.69 Å². The van der Waals surface area contributed by atoms with Crippen LogP contribution in [0, 0.1) is 0 Å². The first-order chi connectivity index (χ1) is 13.6. The highest BCUT2D eigenvalue weighted by molar-refractivity contribution is 6.33. The zero-order chi connectivity index (χ0) is 19.5. The zero-order valence-electron chi connectivity index (χ0n) is 15.6. The van der Waals surface area contributed by atoms with E-state index in [1.165, 1.54) is 6.20 Å². The van der Waals surface area contributed by atoms with Crippen LogP contribution in [-0.2, 0) is 4.74 Å². The summed E-state index contributed by atoms with van der Waals surface area (Å²) in [7, 11) is 0. The van der Waals surface area contributed by atoms with Crippen LogP contribution in [0.5, 0.6) is 0 Å². The predicted octanol–water partition coefficient (Wildman–Crippen LogP) is 3.61. The lowest BCUT2D eigenvalue weighted by Gasteiger charge is -2.27. The number of benzene rings is 2. The number of nitrogens with zero attached hydrogens (tertiary/aromatic N) is 3. The molecule has 0 radical (unpaired) electrons. The van der Waals surface area contributed by atoms with Crippen LogP contribution in [0.15, 0.2) is 48.7 Å². The van der Waals surface area contributed by atoms with Gasteiger partial charge in [0.2, 0.25) is 5.95 Å². The van der Waals surface area contributed by atoms with Crippen molar-refractivity contribution >= 4 is 34.2 Å². The fourth-order valence-electron chi connectivity index (χ4n) is 3.40. The highest BCUT2D eigenvalue weighted by atomic mass is 35.5. The number of morpholine rings is 1. The molecule has 28 heavy (non-hydrogen) atoms. The Labute approximate surface area is 168 Å². The number of hydrogen-bond donors (Lipinski definition) is 1. The summed E-state index contributed by atoms with van der Waals surface area (Å²) in [6.45, 7) is 4.57. The van der Waals surface area contributed by atoms with Gasteiger partial charge in [0.1, 0.15) is 0 Å². The second-order valence-electron chi connectivity index (χ2n) is 6.73. The van der Waals surface area contributed by atoms with Crippen LogP contribution >= 0.6 is 11.6 Å². The number of rotatable bonds is 4. The molecule has 1 aliphatic heterocycles. The maximum Gasteiger partial charge on any atom is 0.272 e. The van der Waals surface area contributed by atoms with Crippen molar-refractivity contribution in [3.05, 3.63) is 64.9 Å². The Kier molecular flexibility index (Phi) is 5.41. The monoisotopic (exact) mass is 396 g/mol. The number of nitrogens with one attached hydrogen (secondary N) is 1. The van der Waals surface area contributed by atoms with Crippen molar-refractivity contribution in [2.24, 2.45) is 0 Å². The van der Waals surface area contributed by atoms with E-state index in [0.29, 0.717) is 32.3 Å². The lowest BCUT2D eigenvalue weighted by molar-refractivity contribution is 0.0935. The van der Waals surface area contributed by atoms with E-state index >= 15 is 0 Å². The summed E-state index contributed by atoms with van der Waals surface area (Å²) in [5.74, 6) is 0.179. The summed E-state index contributed by atoms with van der Waals surface area (Å²) >= 11 is 6.23. The molecule has 1 aromatic heterocycles. The third kappa shape index (κ3) is 3.79. The summed E-state index contributed by atoms with van der Waals surface area (Å²) < 4.78 is 5.36. The molecule has 0 bridgehead atoms. The first kappa shape index (κ1) is 18.7. The van der Waals surface area contributed by atoms with E-state index in [2.05, 4.69) is 33.5 Å². The fourth-order valence-corrected chi connectivity index (χ4v) is 3.58. The van der Waals surface area contributed by atoms with Crippen LogP contribution < -0.4 is 10.2 Å². The molecule has 6 nitrogen and oxygen atoms in total. The third-order valence-corrected chi connectivity index (χ3v) is 5.15. The molecule has 7 heteroatoms. The molecule has 0 saturated carbocycles. The number of amides is 1. The lowest BCUT2D eigenvalue weighted by Crippen LogP contribution is -2.38. The number of fused-ring (bicyclic) bond motifs is 1. The Morgan fingerprint density at radius 1 is 1.18 bits per heavy atom. The van der Waals surface area contributed by atoms with Gasteiger partial charge in [-0.3, -0.25) is 4.79 Å². The molecule has 1 atom stereocenters. The maximum absolute atomic E-state index is 12.9. The van der Waals surface area contributed by atoms with E-state index in [1.807, 2.05) is 36.1 Å². The van der Waals surface area contributed by atoms with Crippen molar-refractivity contribution < 1.29 is 9.53 Å². The molecule has 144 valence electrons. The quantitative estimate of drug-likeness (QED) is 0.729. The number of anilines is 1. The number of aromatic nitrogens is 2. The molecule has 1 aliphatic rings. The van der Waals surface area contributed by atoms with Crippen LogP contribution in [0.4, 0.5) is 5.95 Å². The van der Waals surface area contributed by atoms with Crippen LogP contribution in [0.1, 0.15) is 29.0 Å². The van der Waals surface area contributed by atoms with Crippen molar-refractivity contribution in [2.75, 3.05) is 31.2 Å². The lowest BCUT2D eigenvalue weighted by atomic mass is 9.99. The molecule has 1 N–H and O–H groups in total. The van der Waals surface area contributed by atoms with Crippen LogP contribution in [-0.4, -0.2) is 42.2 Å². The first-order valence-electron chi connectivity index (χ1n) is 9.27. The topological polar surface area (TPSA) is 67.4 Å². The van der Waals surface area contributed by atoms with Crippen molar-refractivity contribution in [1.29, 1.82) is 0 Å². The molecule has 1 amide bonds. The average molecular weight is 397 g/mol. The third-order valence-electron chi connectivity index (χ3n) is 4.88. The molecule has 1 saturated heterocycles. The van der Waals surface area contributed by atoms with Gasteiger partial charge in [-0.15, -0.1) is 0 Å². The standard InChI is InChI=1S/C21H21ClN4O2/c1-14(16-8-4-6-15-5-2-3-7-17(15)16)24-20(27)19-18(22)13-23-21(25-19)26-9-11-28-12-10-26/h2-8,13-14H,9-12H2,1H3,(H,24,27). The summed E-state index contributed by atoms with van der Waals surface area (Å²) in [6.07, 6.45) is 1.48. The molecule has 2 heterocycles. The van der Waals surface area contributed by atoms with Gasteiger partial charge < -0.3 is 15.0 Å². The van der Waals surface area contributed by atoms with Gasteiger partial charge in [-0.2, -0.15) is 0 Å². The summed E-state index contributed by atoms with van der Waals surface area (Å²) in [5, 5.41) is 5.50. The van der Waals surface area contributed by atoms with Gasteiger partial charge in [-0.05, 0) is 23.3 Å². The van der Waals surface area contributed by atoms with Crippen molar-refractivity contribution in [2.45, 2.75) is 13.0 Å². The normalized spacial score (nSPS) is 15.4. The molecule has 1 fully saturated rings. The average Bonchev–Trinajstić information content (AvgIpc) is 2.74. The molecular formula is C21H21ClN4O2. The van der Waals surface area contributed by atoms with E-state index in [0.717, 1.165) is 16.3 Å².